The number of rotatable bonds is 2. The van der Waals surface area contributed by atoms with Crippen molar-refractivity contribution in [3.05, 3.63) is 21.9 Å². The van der Waals surface area contributed by atoms with Crippen molar-refractivity contribution in [2.24, 2.45) is 0 Å². The van der Waals surface area contributed by atoms with Gasteiger partial charge >= 0.3 is 0 Å². The number of aliphatic hydroxyl groups excluding tert-OH is 1. The van der Waals surface area contributed by atoms with E-state index in [0.29, 0.717) is 0 Å². The number of hydrogen-bond donors (Lipinski definition) is 2. The molecule has 1 aromatic rings. The minimum Gasteiger partial charge on any atom is -0.389 e. The summed E-state index contributed by atoms with van der Waals surface area (Å²) < 4.78 is 0. The van der Waals surface area contributed by atoms with Gasteiger partial charge in [-0.05, 0) is 37.8 Å². The molecule has 1 aliphatic heterocycles. The fourth-order valence-electron chi connectivity index (χ4n) is 2.37. The van der Waals surface area contributed by atoms with Crippen molar-refractivity contribution in [1.82, 2.24) is 4.90 Å². The van der Waals surface area contributed by atoms with Crippen LogP contribution in [0.3, 0.4) is 0 Å². The Morgan fingerprint density at radius 2 is 2.39 bits per heavy atom. The number of thiophene rings is 1. The molecule has 0 aromatic carbocycles. The molecule has 0 spiro atoms. The highest BCUT2D eigenvalue weighted by atomic mass is 32.1. The summed E-state index contributed by atoms with van der Waals surface area (Å²) in [6.07, 6.45) is 1.92. The van der Waals surface area contributed by atoms with Crippen molar-refractivity contribution in [3.8, 4) is 11.8 Å². The molecule has 3 nitrogen and oxygen atoms in total. The summed E-state index contributed by atoms with van der Waals surface area (Å²) >= 11 is 1.69. The van der Waals surface area contributed by atoms with Gasteiger partial charge in [0, 0.05) is 23.5 Å². The van der Waals surface area contributed by atoms with Crippen LogP contribution < -0.4 is 0 Å². The van der Waals surface area contributed by atoms with E-state index in [0.717, 1.165) is 38.0 Å². The lowest BCUT2D eigenvalue weighted by Crippen LogP contribution is -2.45. The van der Waals surface area contributed by atoms with Crippen LogP contribution in [0.5, 0.6) is 0 Å². The summed E-state index contributed by atoms with van der Waals surface area (Å²) in [6.45, 7) is 4.38. The van der Waals surface area contributed by atoms with Gasteiger partial charge in [0.1, 0.15) is 6.61 Å². The maximum Gasteiger partial charge on any atom is 0.104 e. The molecule has 0 amide bonds. The van der Waals surface area contributed by atoms with Crippen LogP contribution in [0.15, 0.2) is 11.4 Å². The molecule has 1 fully saturated rings. The van der Waals surface area contributed by atoms with E-state index >= 15 is 0 Å². The summed E-state index contributed by atoms with van der Waals surface area (Å²) in [6, 6.07) is 1.99. The monoisotopic (exact) mass is 265 g/mol. The molecule has 0 aliphatic carbocycles. The molecule has 1 saturated heterocycles. The van der Waals surface area contributed by atoms with Crippen LogP contribution >= 0.6 is 11.3 Å². The van der Waals surface area contributed by atoms with Gasteiger partial charge in [0.2, 0.25) is 0 Å². The SMILES string of the molecule is CC1(O)CCCN(Cc2sccc2C#CCO)C1. The van der Waals surface area contributed by atoms with Gasteiger partial charge in [-0.1, -0.05) is 11.8 Å². The maximum absolute atomic E-state index is 10.1. The Balaban J connectivity index is 2.03. The lowest BCUT2D eigenvalue weighted by molar-refractivity contribution is -0.0178. The van der Waals surface area contributed by atoms with E-state index < -0.39 is 5.60 Å². The zero-order valence-corrected chi connectivity index (χ0v) is 11.5. The second-order valence-corrected chi connectivity index (χ2v) is 6.03. The average Bonchev–Trinajstić information content (AvgIpc) is 2.72. The average molecular weight is 265 g/mol. The Kier molecular flexibility index (Phi) is 4.41. The molecular formula is C14H19NO2S. The third kappa shape index (κ3) is 3.56. The highest BCUT2D eigenvalue weighted by Gasteiger charge is 2.28. The van der Waals surface area contributed by atoms with Gasteiger partial charge in [-0.25, -0.2) is 0 Å². The third-order valence-electron chi connectivity index (χ3n) is 3.17. The molecule has 1 unspecified atom stereocenters. The van der Waals surface area contributed by atoms with Crippen LogP contribution in [0, 0.1) is 11.8 Å². The molecule has 2 heterocycles. The van der Waals surface area contributed by atoms with E-state index in [9.17, 15) is 5.11 Å². The minimum absolute atomic E-state index is 0.103. The van der Waals surface area contributed by atoms with Crippen molar-refractivity contribution in [3.63, 3.8) is 0 Å². The van der Waals surface area contributed by atoms with Crippen LogP contribution in [-0.2, 0) is 6.54 Å². The number of likely N-dealkylation sites (tertiary alicyclic amines) is 1. The van der Waals surface area contributed by atoms with Gasteiger partial charge in [0.25, 0.3) is 0 Å². The van der Waals surface area contributed by atoms with E-state index in [1.165, 1.54) is 4.88 Å². The zero-order chi connectivity index (χ0) is 13.0. The van der Waals surface area contributed by atoms with Gasteiger partial charge in [-0.3, -0.25) is 4.90 Å². The number of hydrogen-bond acceptors (Lipinski definition) is 4. The molecule has 2 rings (SSSR count). The van der Waals surface area contributed by atoms with Crippen molar-refractivity contribution in [2.45, 2.75) is 31.9 Å². The summed E-state index contributed by atoms with van der Waals surface area (Å²) in [5.41, 5.74) is 0.436. The molecule has 4 heteroatoms. The predicted octanol–water partition coefficient (Wildman–Crippen LogP) is 1.44. The van der Waals surface area contributed by atoms with Crippen molar-refractivity contribution in [2.75, 3.05) is 19.7 Å². The largest absolute Gasteiger partial charge is 0.389 e. The summed E-state index contributed by atoms with van der Waals surface area (Å²) in [7, 11) is 0. The summed E-state index contributed by atoms with van der Waals surface area (Å²) in [5, 5.41) is 20.8. The van der Waals surface area contributed by atoms with Gasteiger partial charge in [0.05, 0.1) is 5.60 Å². The second kappa shape index (κ2) is 5.85. The molecule has 0 saturated carbocycles. The minimum atomic E-state index is -0.563. The number of nitrogens with zero attached hydrogens (tertiary/aromatic N) is 1. The van der Waals surface area contributed by atoms with E-state index in [2.05, 4.69) is 16.7 Å². The first kappa shape index (κ1) is 13.6. The topological polar surface area (TPSA) is 43.7 Å². The number of β-amino-alcohol motifs (C(OH)–C–C–N with tert-alkyl or cyclic N) is 1. The fourth-order valence-corrected chi connectivity index (χ4v) is 3.24. The Labute approximate surface area is 112 Å². The van der Waals surface area contributed by atoms with Crippen LogP contribution in [0.25, 0.3) is 0 Å². The number of piperidine rings is 1. The Morgan fingerprint density at radius 3 is 3.11 bits per heavy atom. The first-order chi connectivity index (χ1) is 8.61. The van der Waals surface area contributed by atoms with Crippen LogP contribution in [0.2, 0.25) is 0 Å². The van der Waals surface area contributed by atoms with E-state index in [4.69, 9.17) is 5.11 Å². The molecule has 1 atom stereocenters. The highest BCUT2D eigenvalue weighted by Crippen LogP contribution is 2.24. The van der Waals surface area contributed by atoms with Gasteiger partial charge in [-0.15, -0.1) is 11.3 Å². The fraction of sp³-hybridized carbons (Fsp3) is 0.571. The van der Waals surface area contributed by atoms with Crippen LogP contribution in [-0.4, -0.2) is 40.4 Å². The molecule has 98 valence electrons. The molecule has 2 N–H and O–H groups in total. The van der Waals surface area contributed by atoms with Crippen molar-refractivity contribution >= 4 is 11.3 Å². The normalized spacial score (nSPS) is 24.6. The van der Waals surface area contributed by atoms with Crippen LogP contribution in [0.1, 0.15) is 30.2 Å². The van der Waals surface area contributed by atoms with E-state index in [1.54, 1.807) is 11.3 Å². The van der Waals surface area contributed by atoms with Crippen LogP contribution in [0.4, 0.5) is 0 Å². The molecular weight excluding hydrogens is 246 g/mol. The maximum atomic E-state index is 10.1. The van der Waals surface area contributed by atoms with Crippen molar-refractivity contribution < 1.29 is 10.2 Å². The Bertz CT molecular complexity index is 456. The molecule has 1 aliphatic rings. The van der Waals surface area contributed by atoms with Gasteiger partial charge in [-0.2, -0.15) is 0 Å². The van der Waals surface area contributed by atoms with Crippen molar-refractivity contribution in [1.29, 1.82) is 0 Å². The lowest BCUT2D eigenvalue weighted by atomic mass is 9.95. The highest BCUT2D eigenvalue weighted by molar-refractivity contribution is 7.10. The molecule has 0 radical (unpaired) electrons. The smallest absolute Gasteiger partial charge is 0.104 e. The van der Waals surface area contributed by atoms with E-state index in [-0.39, 0.29) is 6.61 Å². The Hall–Kier alpha value is -0.860. The summed E-state index contributed by atoms with van der Waals surface area (Å²) in [5.74, 6) is 5.66. The molecule has 18 heavy (non-hydrogen) atoms. The predicted molar refractivity (Wildman–Crippen MR) is 73.4 cm³/mol. The molecule has 0 bridgehead atoms. The van der Waals surface area contributed by atoms with E-state index in [1.807, 2.05) is 18.4 Å². The lowest BCUT2D eigenvalue weighted by Gasteiger charge is -2.36. The summed E-state index contributed by atoms with van der Waals surface area (Å²) in [4.78, 5) is 3.49. The Morgan fingerprint density at radius 1 is 1.56 bits per heavy atom. The number of aliphatic hydroxyl groups is 2. The standard InChI is InChI=1S/C14H19NO2S/c1-14(17)6-3-7-15(11-14)10-13-12(4-2-8-16)5-9-18-13/h5,9,16-17H,3,6-8,10-11H2,1H3. The van der Waals surface area contributed by atoms with Gasteiger partial charge in [0.15, 0.2) is 0 Å². The quantitative estimate of drug-likeness (QED) is 0.795. The first-order valence-corrected chi connectivity index (χ1v) is 7.09. The third-order valence-corrected chi connectivity index (χ3v) is 4.07. The first-order valence-electron chi connectivity index (χ1n) is 6.21. The zero-order valence-electron chi connectivity index (χ0n) is 10.6. The molecule has 1 aromatic heterocycles. The van der Waals surface area contributed by atoms with Gasteiger partial charge < -0.3 is 10.2 Å². The second-order valence-electron chi connectivity index (χ2n) is 5.03.